The van der Waals surface area contributed by atoms with Gasteiger partial charge in [0, 0.05) is 48.5 Å². The summed E-state index contributed by atoms with van der Waals surface area (Å²) in [5, 5.41) is 10.6. The Bertz CT molecular complexity index is 1540. The third-order valence-electron chi connectivity index (χ3n) is 10.9. The van der Waals surface area contributed by atoms with Crippen molar-refractivity contribution >= 4 is 46.5 Å². The summed E-state index contributed by atoms with van der Waals surface area (Å²) in [6, 6.07) is 13.9. The highest BCUT2D eigenvalue weighted by molar-refractivity contribution is 8.02. The molecule has 50 heavy (non-hydrogen) atoms. The number of benzene rings is 2. The molecular formula is C40H54N4O5S. The summed E-state index contributed by atoms with van der Waals surface area (Å²) in [6.07, 6.45) is 4.11. The fraction of sp³-hybridized carbons (Fsp3) is 0.525. The molecular weight excluding hydrogens is 649 g/mol. The van der Waals surface area contributed by atoms with E-state index in [0.29, 0.717) is 30.2 Å². The minimum atomic E-state index is -0.872. The molecule has 3 aliphatic rings. The lowest BCUT2D eigenvalue weighted by atomic mass is 9.65. The molecule has 3 heterocycles. The Balaban J connectivity index is 1.59. The number of amides is 3. The third-order valence-corrected chi connectivity index (χ3v) is 13.0. The van der Waals surface area contributed by atoms with E-state index in [4.69, 9.17) is 4.74 Å². The van der Waals surface area contributed by atoms with Crippen LogP contribution in [0.1, 0.15) is 48.0 Å². The molecule has 3 aliphatic heterocycles. The van der Waals surface area contributed by atoms with Crippen molar-refractivity contribution in [3.05, 3.63) is 73.8 Å². The van der Waals surface area contributed by atoms with Gasteiger partial charge in [0.1, 0.15) is 11.8 Å². The first-order valence-electron chi connectivity index (χ1n) is 18.1. The summed E-state index contributed by atoms with van der Waals surface area (Å²) in [6.45, 7) is 22.6. The quantitative estimate of drug-likeness (QED) is 0.214. The van der Waals surface area contributed by atoms with Gasteiger partial charge in [0.15, 0.2) is 0 Å². The van der Waals surface area contributed by atoms with Crippen LogP contribution in [0, 0.1) is 23.7 Å². The zero-order valence-corrected chi connectivity index (χ0v) is 31.3. The van der Waals surface area contributed by atoms with Crippen molar-refractivity contribution in [2.45, 2.75) is 70.0 Å². The number of fused-ring (bicyclic) bond motifs is 1. The molecule has 0 aliphatic carbocycles. The van der Waals surface area contributed by atoms with E-state index in [9.17, 15) is 14.7 Å². The standard InChI is InChI=1S/C40H54N4O5S/c1-9-22-42(30-18-20-31(21-19-30)49-13-5)37(46)34-33-24-27(8)40(50-33)35(34)38(47)44(32(25-45)26(6)7)36(40)39(48)43(23-10-2)29-16-14-28(15-17-29)41(11-3)12-4/h9-10,14-21,26-27,32-36,45H,1-2,11-13,22-25H2,3-8H3/t27?,32-,33+,34-,35-,36?,40?/m0/s1. The molecule has 3 amide bonds. The molecule has 1 spiro atoms. The molecule has 9 nitrogen and oxygen atoms in total. The Labute approximate surface area is 302 Å². The van der Waals surface area contributed by atoms with Crippen molar-refractivity contribution in [2.75, 3.05) is 54.1 Å². The Kier molecular flexibility index (Phi) is 11.7. The van der Waals surface area contributed by atoms with Crippen molar-refractivity contribution < 1.29 is 24.2 Å². The van der Waals surface area contributed by atoms with E-state index in [-0.39, 0.29) is 54.5 Å². The lowest BCUT2D eigenvalue weighted by Crippen LogP contribution is -2.60. The van der Waals surface area contributed by atoms with E-state index >= 15 is 4.79 Å². The number of rotatable bonds is 16. The van der Waals surface area contributed by atoms with E-state index < -0.39 is 28.7 Å². The Hall–Kier alpha value is -3.76. The van der Waals surface area contributed by atoms with Crippen LogP contribution < -0.4 is 19.4 Å². The number of carbonyl (C=O) groups is 3. The van der Waals surface area contributed by atoms with Gasteiger partial charge in [-0.3, -0.25) is 14.4 Å². The lowest BCUT2D eigenvalue weighted by molar-refractivity contribution is -0.142. The first-order valence-corrected chi connectivity index (χ1v) is 18.9. The molecule has 0 radical (unpaired) electrons. The van der Waals surface area contributed by atoms with Crippen molar-refractivity contribution in [1.29, 1.82) is 0 Å². The largest absolute Gasteiger partial charge is 0.494 e. The fourth-order valence-electron chi connectivity index (χ4n) is 8.55. The topological polar surface area (TPSA) is 93.6 Å². The second-order valence-electron chi connectivity index (χ2n) is 13.9. The van der Waals surface area contributed by atoms with Crippen LogP contribution in [0.5, 0.6) is 5.75 Å². The SMILES string of the molecule is C=CCN(C(=O)C1N([C@@H](CO)C(C)C)C(=O)[C@@H]2[C@@H](C(=O)N(CC=C)c3ccc(OCC)cc3)[C@H]3CC(C)C12S3)c1ccc(N(CC)CC)cc1. The highest BCUT2D eigenvalue weighted by Gasteiger charge is 2.77. The molecule has 3 unspecified atom stereocenters. The van der Waals surface area contributed by atoms with Crippen LogP contribution in [0.15, 0.2) is 73.8 Å². The number of ether oxygens (including phenoxy) is 1. The fourth-order valence-corrected chi connectivity index (χ4v) is 10.9. The van der Waals surface area contributed by atoms with Gasteiger partial charge >= 0.3 is 0 Å². The number of aliphatic hydroxyl groups excluding tert-OH is 1. The predicted molar refractivity (Wildman–Crippen MR) is 204 cm³/mol. The van der Waals surface area contributed by atoms with Gasteiger partial charge in [0.25, 0.3) is 5.91 Å². The summed E-state index contributed by atoms with van der Waals surface area (Å²) in [5.41, 5.74) is 2.48. The van der Waals surface area contributed by atoms with E-state index in [0.717, 1.165) is 18.8 Å². The van der Waals surface area contributed by atoms with Gasteiger partial charge in [-0.2, -0.15) is 0 Å². The van der Waals surface area contributed by atoms with Crippen molar-refractivity contribution in [2.24, 2.45) is 23.7 Å². The Morgan fingerprint density at radius 3 is 2.00 bits per heavy atom. The van der Waals surface area contributed by atoms with E-state index in [1.165, 1.54) is 0 Å². The highest BCUT2D eigenvalue weighted by atomic mass is 32.2. The summed E-state index contributed by atoms with van der Waals surface area (Å²) in [4.78, 5) is 52.3. The average Bonchev–Trinajstić information content (AvgIpc) is 3.71. The predicted octanol–water partition coefficient (Wildman–Crippen LogP) is 6.02. The van der Waals surface area contributed by atoms with Crippen LogP contribution in [0.2, 0.25) is 0 Å². The van der Waals surface area contributed by atoms with Gasteiger partial charge < -0.3 is 29.4 Å². The number of hydrogen-bond acceptors (Lipinski definition) is 7. The number of nitrogens with zero attached hydrogens (tertiary/aromatic N) is 4. The van der Waals surface area contributed by atoms with E-state index in [1.54, 1.807) is 38.6 Å². The third kappa shape index (κ3) is 6.34. The Morgan fingerprint density at radius 1 is 0.960 bits per heavy atom. The molecule has 3 fully saturated rings. The second kappa shape index (κ2) is 15.6. The average molecular weight is 703 g/mol. The van der Waals surface area contributed by atoms with E-state index in [1.807, 2.05) is 69.3 Å². The van der Waals surface area contributed by atoms with Gasteiger partial charge in [0.05, 0.1) is 35.8 Å². The van der Waals surface area contributed by atoms with Crippen LogP contribution in [-0.4, -0.2) is 89.2 Å². The molecule has 0 aromatic heterocycles. The number of thioether (sulfide) groups is 1. The first kappa shape index (κ1) is 37.5. The first-order chi connectivity index (χ1) is 24.0. The molecule has 270 valence electrons. The molecule has 0 saturated carbocycles. The summed E-state index contributed by atoms with van der Waals surface area (Å²) in [5.74, 6) is -1.37. The number of hydrogen-bond donors (Lipinski definition) is 1. The second-order valence-corrected chi connectivity index (χ2v) is 15.4. The molecule has 2 aromatic carbocycles. The minimum absolute atomic E-state index is 0.0186. The van der Waals surface area contributed by atoms with Crippen molar-refractivity contribution in [3.63, 3.8) is 0 Å². The van der Waals surface area contributed by atoms with Gasteiger partial charge in [-0.05, 0) is 87.6 Å². The van der Waals surface area contributed by atoms with Crippen LogP contribution in [-0.2, 0) is 14.4 Å². The normalized spacial score (nSPS) is 25.7. The zero-order valence-electron chi connectivity index (χ0n) is 30.5. The van der Waals surface area contributed by atoms with Gasteiger partial charge in [-0.25, -0.2) is 0 Å². The number of carbonyl (C=O) groups excluding carboxylic acids is 3. The molecule has 2 aromatic rings. The van der Waals surface area contributed by atoms with Gasteiger partial charge in [0.2, 0.25) is 11.8 Å². The van der Waals surface area contributed by atoms with Crippen LogP contribution >= 0.6 is 11.8 Å². The van der Waals surface area contributed by atoms with E-state index in [2.05, 4.69) is 38.8 Å². The minimum Gasteiger partial charge on any atom is -0.494 e. The van der Waals surface area contributed by atoms with Gasteiger partial charge in [-0.1, -0.05) is 32.9 Å². The summed E-state index contributed by atoms with van der Waals surface area (Å²) in [7, 11) is 0. The molecule has 1 N–H and O–H groups in total. The number of aliphatic hydroxyl groups is 1. The maximum Gasteiger partial charge on any atom is 0.251 e. The van der Waals surface area contributed by atoms with Crippen molar-refractivity contribution in [1.82, 2.24) is 4.90 Å². The molecule has 5 rings (SSSR count). The smallest absolute Gasteiger partial charge is 0.251 e. The molecule has 3 saturated heterocycles. The van der Waals surface area contributed by atoms with Crippen LogP contribution in [0.4, 0.5) is 17.1 Å². The molecule has 2 bridgehead atoms. The van der Waals surface area contributed by atoms with Crippen molar-refractivity contribution in [3.8, 4) is 5.75 Å². The van der Waals surface area contributed by atoms with Crippen LogP contribution in [0.25, 0.3) is 0 Å². The number of anilines is 3. The maximum absolute atomic E-state index is 15.2. The monoisotopic (exact) mass is 702 g/mol. The zero-order chi connectivity index (χ0) is 36.3. The summed E-state index contributed by atoms with van der Waals surface area (Å²) >= 11 is 1.64. The lowest BCUT2D eigenvalue weighted by Gasteiger charge is -2.43. The highest BCUT2D eigenvalue weighted by Crippen LogP contribution is 2.69. The maximum atomic E-state index is 15.2. The number of likely N-dealkylation sites (tertiary alicyclic amines) is 1. The van der Waals surface area contributed by atoms with Crippen LogP contribution in [0.3, 0.4) is 0 Å². The molecule has 10 heteroatoms. The molecule has 7 atom stereocenters. The Morgan fingerprint density at radius 2 is 1.50 bits per heavy atom. The summed E-state index contributed by atoms with van der Waals surface area (Å²) < 4.78 is 4.79. The van der Waals surface area contributed by atoms with Gasteiger partial charge in [-0.15, -0.1) is 24.9 Å².